The molecule has 3 rings (SSSR count). The Morgan fingerprint density at radius 3 is 2.41 bits per heavy atom. The van der Waals surface area contributed by atoms with Crippen molar-refractivity contribution >= 4 is 27.3 Å². The quantitative estimate of drug-likeness (QED) is 0.797. The largest absolute Gasteiger partial charge is 0.573 e. The molecule has 0 amide bonds. The molecule has 2 aromatic carbocycles. The van der Waals surface area contributed by atoms with Gasteiger partial charge < -0.3 is 14.2 Å². The van der Waals surface area contributed by atoms with Crippen molar-refractivity contribution in [2.75, 3.05) is 17.9 Å². The van der Waals surface area contributed by atoms with Gasteiger partial charge in [0.15, 0.2) is 11.5 Å². The molecular weight excluding hydrogens is 411 g/mol. The second kappa shape index (κ2) is 7.35. The fourth-order valence-corrected chi connectivity index (χ4v) is 3.67. The highest BCUT2D eigenvalue weighted by molar-refractivity contribution is 7.92. The fraction of sp³-hybridized carbons (Fsp3) is 0.250. The maximum absolute atomic E-state index is 12.5. The van der Waals surface area contributed by atoms with E-state index in [4.69, 9.17) is 21.1 Å². The van der Waals surface area contributed by atoms with Gasteiger partial charge in [-0.05, 0) is 12.1 Å². The Hall–Kier alpha value is -2.33. The number of alkyl halides is 3. The summed E-state index contributed by atoms with van der Waals surface area (Å²) in [7, 11) is -4.23. The van der Waals surface area contributed by atoms with Gasteiger partial charge in [0, 0.05) is 24.6 Å². The second-order valence-electron chi connectivity index (χ2n) is 5.46. The van der Waals surface area contributed by atoms with Crippen molar-refractivity contribution in [1.29, 1.82) is 0 Å². The van der Waals surface area contributed by atoms with Crippen LogP contribution in [0.2, 0.25) is 5.02 Å². The molecule has 0 spiro atoms. The van der Waals surface area contributed by atoms with Crippen LogP contribution in [-0.2, 0) is 10.0 Å². The first-order valence-electron chi connectivity index (χ1n) is 7.62. The van der Waals surface area contributed by atoms with E-state index in [1.54, 1.807) is 0 Å². The number of nitrogens with one attached hydrogen (secondary N) is 1. The van der Waals surface area contributed by atoms with E-state index in [2.05, 4.69) is 9.46 Å². The van der Waals surface area contributed by atoms with Crippen LogP contribution in [-0.4, -0.2) is 28.0 Å². The SMILES string of the molecule is O=S(=O)(Nc1cc2c(cc1Cl)OCCCO2)c1cccc(OC(F)(F)F)c1. The summed E-state index contributed by atoms with van der Waals surface area (Å²) in [6.07, 6.45) is -4.28. The number of rotatable bonds is 4. The maximum Gasteiger partial charge on any atom is 0.573 e. The summed E-state index contributed by atoms with van der Waals surface area (Å²) in [6.45, 7) is 0.818. The lowest BCUT2D eigenvalue weighted by molar-refractivity contribution is -0.274. The average molecular weight is 424 g/mol. The molecule has 0 saturated heterocycles. The van der Waals surface area contributed by atoms with Gasteiger partial charge in [0.1, 0.15) is 5.75 Å². The van der Waals surface area contributed by atoms with Gasteiger partial charge >= 0.3 is 6.36 Å². The van der Waals surface area contributed by atoms with Gasteiger partial charge in [-0.3, -0.25) is 4.72 Å². The molecule has 0 saturated carbocycles. The average Bonchev–Trinajstić information content (AvgIpc) is 2.78. The Labute approximate surface area is 157 Å². The number of ether oxygens (including phenoxy) is 3. The van der Waals surface area contributed by atoms with Crippen LogP contribution < -0.4 is 18.9 Å². The normalized spacial score (nSPS) is 14.4. The maximum atomic E-state index is 12.5. The molecule has 0 fully saturated rings. The van der Waals surface area contributed by atoms with Gasteiger partial charge in [-0.25, -0.2) is 8.42 Å². The molecular formula is C16H13ClF3NO5S. The van der Waals surface area contributed by atoms with Gasteiger partial charge in [0.05, 0.1) is 28.8 Å². The van der Waals surface area contributed by atoms with Crippen LogP contribution in [0.4, 0.5) is 18.9 Å². The Morgan fingerprint density at radius 1 is 1.07 bits per heavy atom. The molecule has 1 aliphatic heterocycles. The van der Waals surface area contributed by atoms with Crippen LogP contribution in [0.25, 0.3) is 0 Å². The first-order valence-corrected chi connectivity index (χ1v) is 9.48. The number of sulfonamides is 1. The number of hydrogen-bond donors (Lipinski definition) is 1. The van der Waals surface area contributed by atoms with Crippen LogP contribution in [0, 0.1) is 0 Å². The molecule has 0 atom stereocenters. The van der Waals surface area contributed by atoms with Crippen LogP contribution in [0.15, 0.2) is 41.3 Å². The summed E-state index contributed by atoms with van der Waals surface area (Å²) in [5.41, 5.74) is 0.00283. The fourth-order valence-electron chi connectivity index (χ4n) is 2.30. The standard InChI is InChI=1S/C16H13ClF3NO5S/c17-12-8-14-15(25-6-2-5-24-14)9-13(12)21-27(22,23)11-4-1-3-10(7-11)26-16(18,19)20/h1,3-4,7-9,21H,2,5-6H2. The van der Waals surface area contributed by atoms with E-state index in [9.17, 15) is 21.6 Å². The van der Waals surface area contributed by atoms with Crippen LogP contribution in [0.3, 0.4) is 0 Å². The molecule has 6 nitrogen and oxygen atoms in total. The van der Waals surface area contributed by atoms with Crippen molar-refractivity contribution in [3.8, 4) is 17.2 Å². The number of halogens is 4. The van der Waals surface area contributed by atoms with Crippen molar-refractivity contribution in [1.82, 2.24) is 0 Å². The third-order valence-corrected chi connectivity index (χ3v) is 5.11. The van der Waals surface area contributed by atoms with Gasteiger partial charge in [-0.2, -0.15) is 0 Å². The van der Waals surface area contributed by atoms with Gasteiger partial charge in [-0.15, -0.1) is 13.2 Å². The monoisotopic (exact) mass is 423 g/mol. The number of benzene rings is 2. The van der Waals surface area contributed by atoms with Crippen LogP contribution >= 0.6 is 11.6 Å². The topological polar surface area (TPSA) is 73.9 Å². The lowest BCUT2D eigenvalue weighted by Crippen LogP contribution is -2.18. The molecule has 1 aliphatic rings. The van der Waals surface area contributed by atoms with E-state index in [0.29, 0.717) is 31.1 Å². The number of fused-ring (bicyclic) bond motifs is 1. The third-order valence-electron chi connectivity index (χ3n) is 3.43. The molecule has 2 aromatic rings. The first-order chi connectivity index (χ1) is 12.6. The predicted molar refractivity (Wildman–Crippen MR) is 91.0 cm³/mol. The van der Waals surface area contributed by atoms with Crippen LogP contribution in [0.5, 0.6) is 17.2 Å². The summed E-state index contributed by atoms with van der Waals surface area (Å²) < 4.78 is 79.0. The van der Waals surface area contributed by atoms with E-state index in [1.807, 2.05) is 0 Å². The summed E-state index contributed by atoms with van der Waals surface area (Å²) in [4.78, 5) is -0.424. The van der Waals surface area contributed by atoms with E-state index in [-0.39, 0.29) is 10.7 Å². The summed E-state index contributed by atoms with van der Waals surface area (Å²) in [5, 5.41) is 0.0468. The van der Waals surface area contributed by atoms with Crippen molar-refractivity contribution < 1.29 is 35.8 Å². The Morgan fingerprint density at radius 2 is 1.74 bits per heavy atom. The van der Waals surface area contributed by atoms with E-state index in [0.717, 1.165) is 24.3 Å². The smallest absolute Gasteiger partial charge is 0.490 e. The molecule has 1 heterocycles. The lowest BCUT2D eigenvalue weighted by Gasteiger charge is -2.14. The van der Waals surface area contributed by atoms with E-state index in [1.165, 1.54) is 12.1 Å². The summed E-state index contributed by atoms with van der Waals surface area (Å²) >= 11 is 6.09. The Balaban J connectivity index is 1.89. The number of anilines is 1. The third kappa shape index (κ3) is 4.89. The molecule has 27 heavy (non-hydrogen) atoms. The number of hydrogen-bond acceptors (Lipinski definition) is 5. The van der Waals surface area contributed by atoms with Crippen molar-refractivity contribution in [2.45, 2.75) is 17.7 Å². The minimum atomic E-state index is -4.94. The van der Waals surface area contributed by atoms with Crippen molar-refractivity contribution in [3.63, 3.8) is 0 Å². The minimum absolute atomic E-state index is 0.00283. The van der Waals surface area contributed by atoms with Crippen LogP contribution in [0.1, 0.15) is 6.42 Å². The van der Waals surface area contributed by atoms with Crippen molar-refractivity contribution in [2.24, 2.45) is 0 Å². The zero-order valence-electron chi connectivity index (χ0n) is 13.5. The molecule has 11 heteroatoms. The van der Waals surface area contributed by atoms with Gasteiger partial charge in [-0.1, -0.05) is 17.7 Å². The van der Waals surface area contributed by atoms with E-state index >= 15 is 0 Å². The second-order valence-corrected chi connectivity index (χ2v) is 7.55. The van der Waals surface area contributed by atoms with Gasteiger partial charge in [0.25, 0.3) is 10.0 Å². The highest BCUT2D eigenvalue weighted by Gasteiger charge is 2.31. The lowest BCUT2D eigenvalue weighted by atomic mass is 10.3. The summed E-state index contributed by atoms with van der Waals surface area (Å²) in [6, 6.07) is 6.77. The highest BCUT2D eigenvalue weighted by atomic mass is 35.5. The zero-order chi connectivity index (χ0) is 19.7. The molecule has 0 bridgehead atoms. The van der Waals surface area contributed by atoms with Crippen molar-refractivity contribution in [3.05, 3.63) is 41.4 Å². The first kappa shape index (κ1) is 19.4. The zero-order valence-corrected chi connectivity index (χ0v) is 15.1. The molecule has 0 aromatic heterocycles. The summed E-state index contributed by atoms with van der Waals surface area (Å²) in [5.74, 6) is 0.0277. The Kier molecular flexibility index (Phi) is 5.29. The Bertz CT molecular complexity index is 950. The minimum Gasteiger partial charge on any atom is -0.490 e. The molecule has 146 valence electrons. The molecule has 1 N–H and O–H groups in total. The highest BCUT2D eigenvalue weighted by Crippen LogP contribution is 2.38. The van der Waals surface area contributed by atoms with E-state index < -0.39 is 27.0 Å². The van der Waals surface area contributed by atoms with Gasteiger partial charge in [0.2, 0.25) is 0 Å². The predicted octanol–water partition coefficient (Wildman–Crippen LogP) is 4.20. The molecule has 0 aliphatic carbocycles. The molecule has 0 radical (unpaired) electrons. The molecule has 0 unspecified atom stereocenters.